The smallest absolute Gasteiger partial charge is 0.299 e. The molecular formula is C20H21N3O3. The van der Waals surface area contributed by atoms with E-state index in [9.17, 15) is 0 Å². The third-order valence-corrected chi connectivity index (χ3v) is 4.35. The lowest BCUT2D eigenvalue weighted by Gasteiger charge is -2.28. The summed E-state index contributed by atoms with van der Waals surface area (Å²) in [5.74, 6) is 1.48. The molecular weight excluding hydrogens is 330 g/mol. The largest absolute Gasteiger partial charge is 0.497 e. The van der Waals surface area contributed by atoms with Crippen LogP contribution in [0.15, 0.2) is 59.1 Å². The van der Waals surface area contributed by atoms with Crippen molar-refractivity contribution < 1.29 is 13.9 Å². The molecule has 1 aromatic heterocycles. The van der Waals surface area contributed by atoms with Crippen LogP contribution in [0.3, 0.4) is 0 Å². The Kier molecular flexibility index (Phi) is 4.75. The number of benzene rings is 2. The molecule has 4 rings (SSSR count). The van der Waals surface area contributed by atoms with Gasteiger partial charge in [0.15, 0.2) is 5.76 Å². The monoisotopic (exact) mass is 351 g/mol. The van der Waals surface area contributed by atoms with Crippen molar-refractivity contribution in [1.82, 2.24) is 4.98 Å². The van der Waals surface area contributed by atoms with Crippen molar-refractivity contribution in [2.45, 2.75) is 0 Å². The van der Waals surface area contributed by atoms with E-state index in [1.165, 1.54) is 5.69 Å². The Balaban J connectivity index is 1.45. The second-order valence-electron chi connectivity index (χ2n) is 6.03. The molecule has 6 heteroatoms. The molecule has 6 nitrogen and oxygen atoms in total. The van der Waals surface area contributed by atoms with Crippen molar-refractivity contribution in [1.29, 1.82) is 0 Å². The molecule has 26 heavy (non-hydrogen) atoms. The lowest BCUT2D eigenvalue weighted by molar-refractivity contribution is 0.122. The van der Waals surface area contributed by atoms with Crippen molar-refractivity contribution in [3.05, 3.63) is 54.7 Å². The summed E-state index contributed by atoms with van der Waals surface area (Å²) < 4.78 is 16.5. The predicted molar refractivity (Wildman–Crippen MR) is 101 cm³/mol. The SMILES string of the molecule is COc1cccc(-c2cnc(Nc3ccc(N4CCOCC4)cc3)o2)c1. The van der Waals surface area contributed by atoms with Gasteiger partial charge in [-0.15, -0.1) is 0 Å². The molecule has 1 saturated heterocycles. The fourth-order valence-electron chi connectivity index (χ4n) is 2.94. The Hall–Kier alpha value is -2.99. The summed E-state index contributed by atoms with van der Waals surface area (Å²) >= 11 is 0. The Bertz CT molecular complexity index is 855. The molecule has 0 amide bonds. The predicted octanol–water partition coefficient (Wildman–Crippen LogP) is 3.93. The maximum absolute atomic E-state index is 5.81. The third-order valence-electron chi connectivity index (χ3n) is 4.35. The minimum atomic E-state index is 0.460. The number of morpholine rings is 1. The van der Waals surface area contributed by atoms with Gasteiger partial charge < -0.3 is 24.1 Å². The summed E-state index contributed by atoms with van der Waals surface area (Å²) in [4.78, 5) is 6.63. The zero-order valence-corrected chi connectivity index (χ0v) is 14.6. The molecule has 0 spiro atoms. The standard InChI is InChI=1S/C20H21N3O3/c1-24-18-4-2-3-15(13-18)19-14-21-20(26-19)22-16-5-7-17(8-6-16)23-9-11-25-12-10-23/h2-8,13-14H,9-12H2,1H3,(H,21,22). The lowest BCUT2D eigenvalue weighted by Crippen LogP contribution is -2.36. The molecule has 1 aliphatic rings. The van der Waals surface area contributed by atoms with Crippen LogP contribution in [-0.2, 0) is 4.74 Å². The van der Waals surface area contributed by atoms with Gasteiger partial charge in [0.05, 0.1) is 26.5 Å². The molecule has 3 aromatic rings. The van der Waals surface area contributed by atoms with E-state index in [4.69, 9.17) is 13.9 Å². The minimum absolute atomic E-state index is 0.460. The molecule has 1 N–H and O–H groups in total. The van der Waals surface area contributed by atoms with Crippen LogP contribution in [0.5, 0.6) is 5.75 Å². The van der Waals surface area contributed by atoms with E-state index >= 15 is 0 Å². The quantitative estimate of drug-likeness (QED) is 0.752. The molecule has 0 radical (unpaired) electrons. The highest BCUT2D eigenvalue weighted by molar-refractivity contribution is 5.62. The molecule has 0 saturated carbocycles. The van der Waals surface area contributed by atoms with Crippen LogP contribution in [0.2, 0.25) is 0 Å². The second kappa shape index (κ2) is 7.49. The first-order chi connectivity index (χ1) is 12.8. The number of aromatic nitrogens is 1. The number of hydrogen-bond acceptors (Lipinski definition) is 6. The summed E-state index contributed by atoms with van der Waals surface area (Å²) in [6.45, 7) is 3.42. The summed E-state index contributed by atoms with van der Waals surface area (Å²) in [6, 6.07) is 16.4. The lowest BCUT2D eigenvalue weighted by atomic mass is 10.2. The van der Waals surface area contributed by atoms with Crippen molar-refractivity contribution in [2.24, 2.45) is 0 Å². The topological polar surface area (TPSA) is 59.8 Å². The summed E-state index contributed by atoms with van der Waals surface area (Å²) in [7, 11) is 1.65. The fourth-order valence-corrected chi connectivity index (χ4v) is 2.94. The average Bonchev–Trinajstić information content (AvgIpc) is 3.18. The Morgan fingerprint density at radius 1 is 1.08 bits per heavy atom. The first kappa shape index (κ1) is 16.5. The van der Waals surface area contributed by atoms with Crippen LogP contribution in [0, 0.1) is 0 Å². The molecule has 0 atom stereocenters. The number of methoxy groups -OCH3 is 1. The Morgan fingerprint density at radius 2 is 1.88 bits per heavy atom. The van der Waals surface area contributed by atoms with Crippen LogP contribution < -0.4 is 15.0 Å². The first-order valence-corrected chi connectivity index (χ1v) is 8.62. The number of rotatable bonds is 5. The number of anilines is 3. The minimum Gasteiger partial charge on any atom is -0.497 e. The van der Waals surface area contributed by atoms with Crippen LogP contribution in [-0.4, -0.2) is 38.4 Å². The fraction of sp³-hybridized carbons (Fsp3) is 0.250. The zero-order valence-electron chi connectivity index (χ0n) is 14.6. The Morgan fingerprint density at radius 3 is 2.65 bits per heavy atom. The van der Waals surface area contributed by atoms with E-state index in [0.29, 0.717) is 11.8 Å². The van der Waals surface area contributed by atoms with E-state index in [1.54, 1.807) is 13.3 Å². The van der Waals surface area contributed by atoms with Gasteiger partial charge in [-0.1, -0.05) is 12.1 Å². The molecule has 0 aliphatic carbocycles. The van der Waals surface area contributed by atoms with Gasteiger partial charge in [-0.25, -0.2) is 4.98 Å². The highest BCUT2D eigenvalue weighted by Gasteiger charge is 2.11. The number of nitrogens with zero attached hydrogens (tertiary/aromatic N) is 2. The number of hydrogen-bond donors (Lipinski definition) is 1. The van der Waals surface area contributed by atoms with Crippen LogP contribution in [0.4, 0.5) is 17.4 Å². The average molecular weight is 351 g/mol. The summed E-state index contributed by atoms with van der Waals surface area (Å²) in [5, 5.41) is 3.20. The van der Waals surface area contributed by atoms with Gasteiger partial charge in [0.25, 0.3) is 6.01 Å². The zero-order chi connectivity index (χ0) is 17.8. The van der Waals surface area contributed by atoms with E-state index < -0.39 is 0 Å². The second-order valence-corrected chi connectivity index (χ2v) is 6.03. The first-order valence-electron chi connectivity index (χ1n) is 8.62. The number of nitrogens with one attached hydrogen (secondary N) is 1. The maximum atomic E-state index is 5.81. The van der Waals surface area contributed by atoms with Gasteiger partial charge in [-0.2, -0.15) is 0 Å². The number of oxazole rings is 1. The maximum Gasteiger partial charge on any atom is 0.299 e. The van der Waals surface area contributed by atoms with Gasteiger partial charge in [0.2, 0.25) is 0 Å². The van der Waals surface area contributed by atoms with Crippen molar-refractivity contribution >= 4 is 17.4 Å². The summed E-state index contributed by atoms with van der Waals surface area (Å²) in [6.07, 6.45) is 1.71. The van der Waals surface area contributed by atoms with Crippen LogP contribution in [0.25, 0.3) is 11.3 Å². The van der Waals surface area contributed by atoms with Crippen molar-refractivity contribution in [3.63, 3.8) is 0 Å². The van der Waals surface area contributed by atoms with Crippen LogP contribution in [0.1, 0.15) is 0 Å². The molecule has 134 valence electrons. The molecule has 1 aliphatic heterocycles. The van der Waals surface area contributed by atoms with Crippen LogP contribution >= 0.6 is 0 Å². The summed E-state index contributed by atoms with van der Waals surface area (Å²) in [5.41, 5.74) is 3.05. The van der Waals surface area contributed by atoms with Gasteiger partial charge in [-0.05, 0) is 36.4 Å². The molecule has 2 aromatic carbocycles. The van der Waals surface area contributed by atoms with Gasteiger partial charge in [0, 0.05) is 30.0 Å². The normalized spacial score (nSPS) is 14.3. The van der Waals surface area contributed by atoms with Gasteiger partial charge >= 0.3 is 0 Å². The van der Waals surface area contributed by atoms with Gasteiger partial charge in [-0.3, -0.25) is 0 Å². The molecule has 1 fully saturated rings. The van der Waals surface area contributed by atoms with Gasteiger partial charge in [0.1, 0.15) is 5.75 Å². The molecule has 0 unspecified atom stereocenters. The van der Waals surface area contributed by atoms with E-state index in [1.807, 2.05) is 36.4 Å². The van der Waals surface area contributed by atoms with E-state index in [0.717, 1.165) is 43.3 Å². The third kappa shape index (κ3) is 3.65. The molecule has 2 heterocycles. The number of ether oxygens (including phenoxy) is 2. The Labute approximate surface area is 152 Å². The van der Waals surface area contributed by atoms with Crippen molar-refractivity contribution in [3.8, 4) is 17.1 Å². The highest BCUT2D eigenvalue weighted by Crippen LogP contribution is 2.27. The molecule has 0 bridgehead atoms. The van der Waals surface area contributed by atoms with Crippen molar-refractivity contribution in [2.75, 3.05) is 43.6 Å². The van der Waals surface area contributed by atoms with E-state index in [2.05, 4.69) is 27.3 Å². The van der Waals surface area contributed by atoms with E-state index in [-0.39, 0.29) is 0 Å². The highest BCUT2D eigenvalue weighted by atomic mass is 16.5.